The minimum absolute atomic E-state index is 0.101. The molecule has 1 aromatic rings. The molecule has 0 aromatic heterocycles. The number of hydrogen-bond acceptors (Lipinski definition) is 7. The van der Waals surface area contributed by atoms with E-state index in [0.717, 1.165) is 13.1 Å². The summed E-state index contributed by atoms with van der Waals surface area (Å²) in [7, 11) is -3.82. The lowest BCUT2D eigenvalue weighted by Gasteiger charge is -2.05. The topological polar surface area (TPSA) is 171 Å². The van der Waals surface area contributed by atoms with E-state index in [1.165, 1.54) is 24.3 Å². The molecule has 0 unspecified atom stereocenters. The first kappa shape index (κ1) is 18.8. The van der Waals surface area contributed by atoms with E-state index in [9.17, 15) is 22.8 Å². The SMILES string of the molecule is CC(=O)NC(=O)NC(=O)C(C#N)=CNc1ccc(S(N)(=O)=O)cc1. The number of nitrogens with two attached hydrogens (primary N) is 1. The van der Waals surface area contributed by atoms with Crippen molar-refractivity contribution in [1.82, 2.24) is 10.6 Å². The van der Waals surface area contributed by atoms with Crippen LogP contribution in [0.1, 0.15) is 6.92 Å². The molecule has 1 aromatic carbocycles. The molecule has 4 amide bonds. The highest BCUT2D eigenvalue weighted by Gasteiger charge is 2.13. The molecule has 0 saturated carbocycles. The van der Waals surface area contributed by atoms with E-state index in [4.69, 9.17) is 10.4 Å². The lowest BCUT2D eigenvalue weighted by atomic mass is 10.3. The first-order chi connectivity index (χ1) is 11.1. The quantitative estimate of drug-likeness (QED) is 0.419. The van der Waals surface area contributed by atoms with Crippen LogP contribution in [0, 0.1) is 11.3 Å². The molecular formula is C13H13N5O5S. The second-order valence-corrected chi connectivity index (χ2v) is 5.91. The van der Waals surface area contributed by atoms with E-state index in [-0.39, 0.29) is 4.90 Å². The molecular weight excluding hydrogens is 338 g/mol. The van der Waals surface area contributed by atoms with E-state index in [1.54, 1.807) is 11.4 Å². The van der Waals surface area contributed by atoms with Gasteiger partial charge in [0.15, 0.2) is 0 Å². The van der Waals surface area contributed by atoms with Crippen LogP contribution in [0.25, 0.3) is 0 Å². The van der Waals surface area contributed by atoms with Crippen LogP contribution in [0.2, 0.25) is 0 Å². The Morgan fingerprint density at radius 1 is 1.17 bits per heavy atom. The molecule has 0 atom stereocenters. The molecule has 0 aliphatic heterocycles. The van der Waals surface area contributed by atoms with Gasteiger partial charge >= 0.3 is 6.03 Å². The van der Waals surface area contributed by atoms with Gasteiger partial charge in [-0.2, -0.15) is 5.26 Å². The molecule has 126 valence electrons. The second kappa shape index (κ2) is 7.86. The van der Waals surface area contributed by atoms with Gasteiger partial charge in [-0.15, -0.1) is 0 Å². The number of sulfonamides is 1. The average Bonchev–Trinajstić information content (AvgIpc) is 2.46. The van der Waals surface area contributed by atoms with Gasteiger partial charge in [0, 0.05) is 18.8 Å². The van der Waals surface area contributed by atoms with Gasteiger partial charge in [-0.25, -0.2) is 18.4 Å². The Kier molecular flexibility index (Phi) is 6.16. The van der Waals surface area contributed by atoms with Crippen LogP contribution in [-0.4, -0.2) is 26.3 Å². The Hall–Kier alpha value is -3.23. The van der Waals surface area contributed by atoms with Crippen molar-refractivity contribution in [3.05, 3.63) is 36.0 Å². The Morgan fingerprint density at radius 2 is 1.75 bits per heavy atom. The predicted molar refractivity (Wildman–Crippen MR) is 82.5 cm³/mol. The van der Waals surface area contributed by atoms with Gasteiger partial charge in [-0.05, 0) is 24.3 Å². The van der Waals surface area contributed by atoms with Crippen molar-refractivity contribution < 1.29 is 22.8 Å². The van der Waals surface area contributed by atoms with Crippen molar-refractivity contribution in [2.75, 3.05) is 5.32 Å². The number of amides is 4. The molecule has 0 aliphatic carbocycles. The zero-order valence-electron chi connectivity index (χ0n) is 12.4. The van der Waals surface area contributed by atoms with E-state index in [2.05, 4.69) is 5.32 Å². The van der Waals surface area contributed by atoms with E-state index < -0.39 is 33.4 Å². The standard InChI is InChI=1S/C13H13N5O5S/c1-8(19)17-13(21)18-12(20)9(6-14)7-16-10-2-4-11(5-3-10)24(15,22)23/h2-5,7,16H,1H3,(H2,15,22,23)(H2,17,18,19,20,21). The van der Waals surface area contributed by atoms with Crippen molar-refractivity contribution in [1.29, 1.82) is 5.26 Å². The summed E-state index contributed by atoms with van der Waals surface area (Å²) in [5.74, 6) is -1.69. The Bertz CT molecular complexity index is 836. The fraction of sp³-hybridized carbons (Fsp3) is 0.0769. The number of nitrogens with one attached hydrogen (secondary N) is 3. The Morgan fingerprint density at radius 3 is 2.21 bits per heavy atom. The van der Waals surface area contributed by atoms with Crippen LogP contribution >= 0.6 is 0 Å². The lowest BCUT2D eigenvalue weighted by Crippen LogP contribution is -2.42. The van der Waals surface area contributed by atoms with E-state index in [1.807, 2.05) is 5.32 Å². The number of carbonyl (C=O) groups is 3. The van der Waals surface area contributed by atoms with Gasteiger partial charge in [0.25, 0.3) is 5.91 Å². The number of anilines is 1. The molecule has 0 aliphatic rings. The van der Waals surface area contributed by atoms with Crippen molar-refractivity contribution in [3.8, 4) is 6.07 Å². The number of urea groups is 1. The van der Waals surface area contributed by atoms with Gasteiger partial charge < -0.3 is 5.32 Å². The molecule has 0 radical (unpaired) electrons. The Labute approximate surface area is 137 Å². The molecule has 1 rings (SSSR count). The minimum atomic E-state index is -3.82. The summed E-state index contributed by atoms with van der Waals surface area (Å²) < 4.78 is 22.2. The molecule has 0 bridgehead atoms. The smallest absolute Gasteiger partial charge is 0.328 e. The van der Waals surface area contributed by atoms with Crippen LogP contribution in [0.15, 0.2) is 40.9 Å². The first-order valence-electron chi connectivity index (χ1n) is 6.26. The number of hydrogen-bond donors (Lipinski definition) is 4. The highest BCUT2D eigenvalue weighted by Crippen LogP contribution is 2.13. The molecule has 0 heterocycles. The van der Waals surface area contributed by atoms with Crippen molar-refractivity contribution >= 4 is 33.6 Å². The fourth-order valence-corrected chi connectivity index (χ4v) is 1.92. The summed E-state index contributed by atoms with van der Waals surface area (Å²) in [5.41, 5.74) is -0.0691. The Balaban J connectivity index is 2.79. The van der Waals surface area contributed by atoms with Gasteiger partial charge in [0.05, 0.1) is 4.90 Å². The highest BCUT2D eigenvalue weighted by molar-refractivity contribution is 7.89. The largest absolute Gasteiger partial charge is 0.360 e. The van der Waals surface area contributed by atoms with E-state index in [0.29, 0.717) is 5.69 Å². The number of imide groups is 2. The fourth-order valence-electron chi connectivity index (χ4n) is 1.41. The first-order valence-corrected chi connectivity index (χ1v) is 7.80. The van der Waals surface area contributed by atoms with Crippen LogP contribution in [0.5, 0.6) is 0 Å². The zero-order valence-corrected chi connectivity index (χ0v) is 13.2. The summed E-state index contributed by atoms with van der Waals surface area (Å²) in [4.78, 5) is 33.4. The average molecular weight is 351 g/mol. The second-order valence-electron chi connectivity index (χ2n) is 4.35. The van der Waals surface area contributed by atoms with Gasteiger partial charge in [0.1, 0.15) is 11.6 Å². The summed E-state index contributed by atoms with van der Waals surface area (Å²) >= 11 is 0. The molecule has 10 nitrogen and oxygen atoms in total. The third kappa shape index (κ3) is 5.87. The van der Waals surface area contributed by atoms with Crippen LogP contribution in [0.3, 0.4) is 0 Å². The summed E-state index contributed by atoms with van der Waals surface area (Å²) in [6.07, 6.45) is 1.02. The maximum absolute atomic E-state index is 11.7. The maximum Gasteiger partial charge on any atom is 0.328 e. The van der Waals surface area contributed by atoms with Crippen molar-refractivity contribution in [2.45, 2.75) is 11.8 Å². The third-order valence-corrected chi connectivity index (χ3v) is 3.38. The van der Waals surface area contributed by atoms with Crippen LogP contribution in [-0.2, 0) is 19.6 Å². The van der Waals surface area contributed by atoms with Crippen molar-refractivity contribution in [2.24, 2.45) is 5.14 Å². The number of nitriles is 1. The summed E-state index contributed by atoms with van der Waals surface area (Å²) in [6.45, 7) is 1.08. The number of rotatable bonds is 4. The molecule has 24 heavy (non-hydrogen) atoms. The number of nitrogens with zero attached hydrogens (tertiary/aromatic N) is 1. The lowest BCUT2D eigenvalue weighted by molar-refractivity contribution is -0.118. The van der Waals surface area contributed by atoms with Gasteiger partial charge in [0.2, 0.25) is 15.9 Å². The van der Waals surface area contributed by atoms with Crippen LogP contribution < -0.4 is 21.1 Å². The van der Waals surface area contributed by atoms with Crippen molar-refractivity contribution in [3.63, 3.8) is 0 Å². The highest BCUT2D eigenvalue weighted by atomic mass is 32.2. The number of benzene rings is 1. The third-order valence-electron chi connectivity index (χ3n) is 2.45. The molecule has 11 heteroatoms. The van der Waals surface area contributed by atoms with Gasteiger partial charge in [-0.1, -0.05) is 0 Å². The minimum Gasteiger partial charge on any atom is -0.360 e. The predicted octanol–water partition coefficient (Wildman–Crippen LogP) is -0.474. The monoisotopic (exact) mass is 351 g/mol. The molecule has 5 N–H and O–H groups in total. The molecule has 0 spiro atoms. The molecule has 0 saturated heterocycles. The summed E-state index contributed by atoms with van der Waals surface area (Å²) in [6, 6.07) is 5.71. The zero-order chi connectivity index (χ0) is 18.3. The van der Waals surface area contributed by atoms with E-state index >= 15 is 0 Å². The number of carbonyl (C=O) groups excluding carboxylic acids is 3. The summed E-state index contributed by atoms with van der Waals surface area (Å²) in [5, 5.41) is 20.1. The number of primary sulfonamides is 1. The van der Waals surface area contributed by atoms with Crippen LogP contribution in [0.4, 0.5) is 10.5 Å². The molecule has 0 fully saturated rings. The normalized spacial score (nSPS) is 11.1. The maximum atomic E-state index is 11.7. The van der Waals surface area contributed by atoms with Gasteiger partial charge in [-0.3, -0.25) is 20.2 Å².